The third kappa shape index (κ3) is 3.94. The van der Waals surface area contributed by atoms with Crippen LogP contribution >= 0.6 is 11.3 Å². The number of hydrogen-bond acceptors (Lipinski definition) is 4. The zero-order chi connectivity index (χ0) is 18.0. The minimum atomic E-state index is -4.62. The van der Waals surface area contributed by atoms with Crippen molar-refractivity contribution in [3.63, 3.8) is 0 Å². The van der Waals surface area contributed by atoms with E-state index in [2.05, 4.69) is 10.3 Å². The molecule has 0 fully saturated rings. The Hall–Kier alpha value is -2.94. The number of benzene rings is 1. The highest BCUT2D eigenvalue weighted by molar-refractivity contribution is 7.19. The van der Waals surface area contributed by atoms with Crippen LogP contribution in [0.15, 0.2) is 47.4 Å². The number of thiazole rings is 1. The van der Waals surface area contributed by atoms with Crippen LogP contribution < -0.4 is 10.9 Å². The first-order valence-corrected chi connectivity index (χ1v) is 7.79. The number of alkyl halides is 3. The van der Waals surface area contributed by atoms with Gasteiger partial charge in [-0.2, -0.15) is 13.2 Å². The van der Waals surface area contributed by atoms with E-state index in [0.717, 1.165) is 16.3 Å². The summed E-state index contributed by atoms with van der Waals surface area (Å²) in [5.74, 6) is -0.732. The van der Waals surface area contributed by atoms with E-state index in [9.17, 15) is 22.8 Å². The van der Waals surface area contributed by atoms with Crippen molar-refractivity contribution in [3.05, 3.63) is 63.5 Å². The number of anilines is 1. The van der Waals surface area contributed by atoms with Crippen LogP contribution in [0.1, 0.15) is 10.6 Å². The Morgan fingerprint density at radius 3 is 2.76 bits per heavy atom. The van der Waals surface area contributed by atoms with Gasteiger partial charge in [-0.25, -0.2) is 4.98 Å². The van der Waals surface area contributed by atoms with E-state index >= 15 is 0 Å². The summed E-state index contributed by atoms with van der Waals surface area (Å²) < 4.78 is 38.9. The molecule has 5 nitrogen and oxygen atoms in total. The standard InChI is InChI=1S/C16H10F3N3O2S/c17-16(18,19)9-7-11(15(24)20-8-9)21-13(23)5-6-14-22-10-3-1-2-4-12(10)25-14/h1-8H,(H,20,24)(H,21,23). The van der Waals surface area contributed by atoms with Crippen molar-refractivity contribution in [3.8, 4) is 0 Å². The van der Waals surface area contributed by atoms with E-state index in [0.29, 0.717) is 17.3 Å². The number of para-hydroxylation sites is 1. The molecule has 3 rings (SSSR count). The van der Waals surface area contributed by atoms with Crippen LogP contribution in [0.5, 0.6) is 0 Å². The molecule has 2 N–H and O–H groups in total. The highest BCUT2D eigenvalue weighted by Gasteiger charge is 2.31. The third-order valence-corrected chi connectivity index (χ3v) is 4.18. The molecule has 0 bridgehead atoms. The van der Waals surface area contributed by atoms with Crippen molar-refractivity contribution in [2.24, 2.45) is 0 Å². The van der Waals surface area contributed by atoms with Crippen LogP contribution in [-0.4, -0.2) is 15.9 Å². The molecule has 1 aromatic carbocycles. The zero-order valence-electron chi connectivity index (χ0n) is 12.4. The van der Waals surface area contributed by atoms with E-state index in [1.54, 1.807) is 0 Å². The molecule has 0 spiro atoms. The summed E-state index contributed by atoms with van der Waals surface area (Å²) in [7, 11) is 0. The normalized spacial score (nSPS) is 12.0. The van der Waals surface area contributed by atoms with E-state index in [1.807, 2.05) is 29.2 Å². The van der Waals surface area contributed by atoms with E-state index in [-0.39, 0.29) is 0 Å². The molecular formula is C16H10F3N3O2S. The molecule has 0 aliphatic rings. The molecule has 0 aliphatic heterocycles. The molecule has 3 aromatic rings. The van der Waals surface area contributed by atoms with Gasteiger partial charge in [0.1, 0.15) is 10.7 Å². The maximum atomic E-state index is 12.7. The molecule has 0 radical (unpaired) electrons. The molecule has 2 heterocycles. The van der Waals surface area contributed by atoms with Crippen molar-refractivity contribution in [2.45, 2.75) is 6.18 Å². The number of pyridine rings is 1. The average molecular weight is 365 g/mol. The molecule has 0 saturated carbocycles. The first-order chi connectivity index (χ1) is 11.8. The quantitative estimate of drug-likeness (QED) is 0.696. The Kier molecular flexibility index (Phi) is 4.41. The highest BCUT2D eigenvalue weighted by atomic mass is 32.1. The number of carbonyl (C=O) groups is 1. The third-order valence-electron chi connectivity index (χ3n) is 3.18. The Balaban J connectivity index is 1.77. The van der Waals surface area contributed by atoms with Gasteiger partial charge in [0.2, 0.25) is 5.91 Å². The average Bonchev–Trinajstić information content (AvgIpc) is 2.97. The molecule has 9 heteroatoms. The molecule has 1 amide bonds. The van der Waals surface area contributed by atoms with Gasteiger partial charge in [-0.15, -0.1) is 11.3 Å². The van der Waals surface area contributed by atoms with Gasteiger partial charge in [0.15, 0.2) is 0 Å². The summed E-state index contributed by atoms with van der Waals surface area (Å²) in [4.78, 5) is 29.7. The maximum absolute atomic E-state index is 12.7. The summed E-state index contributed by atoms with van der Waals surface area (Å²) in [6.45, 7) is 0. The molecule has 0 saturated heterocycles. The van der Waals surface area contributed by atoms with Crippen LogP contribution in [0.25, 0.3) is 16.3 Å². The highest BCUT2D eigenvalue weighted by Crippen LogP contribution is 2.29. The number of carbonyl (C=O) groups excluding carboxylic acids is 1. The summed E-state index contributed by atoms with van der Waals surface area (Å²) >= 11 is 1.36. The van der Waals surface area contributed by atoms with Gasteiger partial charge in [0.25, 0.3) is 5.56 Å². The number of nitrogens with one attached hydrogen (secondary N) is 2. The van der Waals surface area contributed by atoms with E-state index in [4.69, 9.17) is 0 Å². The van der Waals surface area contributed by atoms with Gasteiger partial charge in [0.05, 0.1) is 15.8 Å². The molecule has 128 valence electrons. The smallest absolute Gasteiger partial charge is 0.327 e. The Morgan fingerprint density at radius 1 is 1.28 bits per heavy atom. The number of aromatic amines is 1. The number of amides is 1. The van der Waals surface area contributed by atoms with Crippen LogP contribution in [0.4, 0.5) is 18.9 Å². The zero-order valence-corrected chi connectivity index (χ0v) is 13.2. The predicted molar refractivity (Wildman–Crippen MR) is 89.3 cm³/mol. The summed E-state index contributed by atoms with van der Waals surface area (Å²) in [5, 5.41) is 2.70. The van der Waals surface area contributed by atoms with Crippen molar-refractivity contribution in [1.29, 1.82) is 0 Å². The van der Waals surface area contributed by atoms with Gasteiger partial charge in [-0.1, -0.05) is 12.1 Å². The summed E-state index contributed by atoms with van der Waals surface area (Å²) in [6, 6.07) is 7.99. The first-order valence-electron chi connectivity index (χ1n) is 6.97. The number of aromatic nitrogens is 2. The number of halogens is 3. The fourth-order valence-electron chi connectivity index (χ4n) is 2.02. The molecule has 25 heavy (non-hydrogen) atoms. The summed E-state index contributed by atoms with van der Waals surface area (Å²) in [6.07, 6.45) is -1.53. The maximum Gasteiger partial charge on any atom is 0.417 e. The Labute approximate surface area is 142 Å². The van der Waals surface area contributed by atoms with Crippen LogP contribution in [-0.2, 0) is 11.0 Å². The fraction of sp³-hybridized carbons (Fsp3) is 0.0625. The second-order valence-electron chi connectivity index (χ2n) is 4.97. The van der Waals surface area contributed by atoms with Crippen molar-refractivity contribution in [2.75, 3.05) is 5.32 Å². The van der Waals surface area contributed by atoms with Gasteiger partial charge in [-0.3, -0.25) is 9.59 Å². The molecule has 0 atom stereocenters. The van der Waals surface area contributed by atoms with Gasteiger partial charge in [0, 0.05) is 12.3 Å². The van der Waals surface area contributed by atoms with Crippen LogP contribution in [0.2, 0.25) is 0 Å². The number of nitrogens with zero attached hydrogens (tertiary/aromatic N) is 1. The topological polar surface area (TPSA) is 74.8 Å². The van der Waals surface area contributed by atoms with Gasteiger partial charge >= 0.3 is 6.18 Å². The molecule has 2 aromatic heterocycles. The minimum absolute atomic E-state index is 0.478. The van der Waals surface area contributed by atoms with Gasteiger partial charge in [-0.05, 0) is 24.3 Å². The number of fused-ring (bicyclic) bond motifs is 1. The molecule has 0 aliphatic carbocycles. The first kappa shape index (κ1) is 16.9. The SMILES string of the molecule is O=C(C=Cc1nc2ccccc2s1)Nc1cc(C(F)(F)F)c[nH]c1=O. The Bertz CT molecular complexity index is 988. The number of hydrogen-bond donors (Lipinski definition) is 2. The van der Waals surface area contributed by atoms with Crippen LogP contribution in [0, 0.1) is 0 Å². The number of H-pyrrole nitrogens is 1. The minimum Gasteiger partial charge on any atom is -0.327 e. The van der Waals surface area contributed by atoms with E-state index < -0.39 is 28.9 Å². The number of rotatable bonds is 3. The van der Waals surface area contributed by atoms with E-state index in [1.165, 1.54) is 17.4 Å². The molecular weight excluding hydrogens is 355 g/mol. The lowest BCUT2D eigenvalue weighted by Gasteiger charge is -2.08. The second-order valence-corrected chi connectivity index (χ2v) is 6.03. The van der Waals surface area contributed by atoms with Crippen molar-refractivity contribution >= 4 is 39.2 Å². The van der Waals surface area contributed by atoms with Gasteiger partial charge < -0.3 is 10.3 Å². The fourth-order valence-corrected chi connectivity index (χ4v) is 2.89. The largest absolute Gasteiger partial charge is 0.417 e. The Morgan fingerprint density at radius 2 is 2.04 bits per heavy atom. The lowest BCUT2D eigenvalue weighted by Crippen LogP contribution is -2.20. The van der Waals surface area contributed by atoms with Crippen molar-refractivity contribution < 1.29 is 18.0 Å². The monoisotopic (exact) mass is 365 g/mol. The summed E-state index contributed by atoms with van der Waals surface area (Å²) in [5.41, 5.74) is -1.58. The molecule has 0 unspecified atom stereocenters. The van der Waals surface area contributed by atoms with Crippen LogP contribution in [0.3, 0.4) is 0 Å². The lowest BCUT2D eigenvalue weighted by atomic mass is 10.2. The predicted octanol–water partition coefficient (Wildman–Crippen LogP) is 3.66. The lowest BCUT2D eigenvalue weighted by molar-refractivity contribution is -0.137. The van der Waals surface area contributed by atoms with Crippen molar-refractivity contribution in [1.82, 2.24) is 9.97 Å². The second kappa shape index (κ2) is 6.52.